The van der Waals surface area contributed by atoms with Gasteiger partial charge in [0.05, 0.1) is 16.7 Å². The normalized spacial score (nSPS) is 14.2. The molecule has 6 heterocycles. The van der Waals surface area contributed by atoms with Crippen molar-refractivity contribution in [2.75, 3.05) is 0 Å². The van der Waals surface area contributed by atoms with Crippen LogP contribution in [0.25, 0.3) is 88.4 Å². The van der Waals surface area contributed by atoms with E-state index in [0.29, 0.717) is 0 Å². The molecular weight excluding hydrogens is 764 g/mol. The monoisotopic (exact) mass is 802 g/mol. The predicted octanol–water partition coefficient (Wildman–Crippen LogP) is 9.15. The summed E-state index contributed by atoms with van der Waals surface area (Å²) >= 11 is 0. The summed E-state index contributed by atoms with van der Waals surface area (Å²) in [4.78, 5) is 0. The Bertz CT molecular complexity index is 3790. The highest BCUT2D eigenvalue weighted by Gasteiger charge is 2.56. The molecule has 0 saturated carbocycles. The van der Waals surface area contributed by atoms with Crippen LogP contribution in [0.3, 0.4) is 0 Å². The molecule has 0 aliphatic carbocycles. The largest absolute Gasteiger partial charge is 0.310 e. The van der Waals surface area contributed by atoms with Crippen LogP contribution in [0.5, 0.6) is 0 Å². The minimum absolute atomic E-state index is 0.0534. The summed E-state index contributed by atoms with van der Waals surface area (Å²) in [7, 11) is -2.86. The Labute approximate surface area is 361 Å². The number of rotatable bonds is 4. The molecule has 0 saturated heterocycles. The third-order valence-corrected chi connectivity index (χ3v) is 20.2. The maximum absolute atomic E-state index is 2.86. The molecule has 0 unspecified atom stereocenters. The minimum atomic E-state index is -2.86. The lowest BCUT2D eigenvalue weighted by atomic mass is 9.34. The molecule has 4 aliphatic rings. The number of aromatic nitrogens is 2. The van der Waals surface area contributed by atoms with Crippen LogP contribution in [0.15, 0.2) is 176 Å². The van der Waals surface area contributed by atoms with Crippen LogP contribution in [-0.4, -0.2) is 23.9 Å². The van der Waals surface area contributed by atoms with Crippen LogP contribution >= 0.6 is 0 Å². The zero-order chi connectivity index (χ0) is 40.6. The fourth-order valence-electron chi connectivity index (χ4n) is 13.0. The number of hydrogen-bond donors (Lipinski definition) is 0. The van der Waals surface area contributed by atoms with Gasteiger partial charge in [0.2, 0.25) is 0 Å². The lowest BCUT2D eigenvalue weighted by molar-refractivity contribution is 1.11. The quantitative estimate of drug-likeness (QED) is 0.157. The summed E-state index contributed by atoms with van der Waals surface area (Å²) in [6, 6.07) is 68.5. The van der Waals surface area contributed by atoms with Gasteiger partial charge in [-0.2, -0.15) is 0 Å². The smallest absolute Gasteiger partial charge is 0.252 e. The Morgan fingerprint density at radius 1 is 0.468 bits per heavy atom. The van der Waals surface area contributed by atoms with E-state index in [2.05, 4.69) is 199 Å². The third-order valence-electron chi connectivity index (χ3n) is 15.3. The summed E-state index contributed by atoms with van der Waals surface area (Å²) in [5.74, 6) is 0. The molecule has 0 amide bonds. The highest BCUT2D eigenvalue weighted by Crippen LogP contribution is 2.48. The van der Waals surface area contributed by atoms with Gasteiger partial charge in [0.1, 0.15) is 0 Å². The minimum Gasteiger partial charge on any atom is -0.310 e. The third kappa shape index (κ3) is 3.74. The molecular formula is C58H39BN2Si. The first-order chi connectivity index (χ1) is 30.7. The maximum Gasteiger partial charge on any atom is 0.252 e. The standard InChI is InChI=1S/C58H39BN2Si/c1-3-34-29-42-43-30-35(4-2)32-50-56(43)61-55(42)44(31-34)59-45-33-38-21-11-12-22-39(38)52-51(36-17-7-5-8-18-36)54(37-19-9-6-10-20-37)60(57(45)52)46-27-28-49(58(61)53(46)59)62(50)47-25-15-13-23-40(47)41-24-14-16-26-48(41)62/h5-33H,3-4H2,1-2H3. The summed E-state index contributed by atoms with van der Waals surface area (Å²) in [6.07, 6.45) is 1.99. The van der Waals surface area contributed by atoms with Gasteiger partial charge in [-0.05, 0) is 112 Å². The molecule has 15 rings (SSSR count). The maximum atomic E-state index is 2.79. The molecule has 0 bridgehead atoms. The zero-order valence-electron chi connectivity index (χ0n) is 34.6. The van der Waals surface area contributed by atoms with E-state index in [0.717, 1.165) is 12.8 Å². The van der Waals surface area contributed by atoms with Crippen molar-refractivity contribution in [3.8, 4) is 44.9 Å². The van der Waals surface area contributed by atoms with E-state index in [-0.39, 0.29) is 6.71 Å². The highest BCUT2D eigenvalue weighted by molar-refractivity contribution is 7.24. The van der Waals surface area contributed by atoms with Crippen molar-refractivity contribution in [2.24, 2.45) is 0 Å². The van der Waals surface area contributed by atoms with Crippen LogP contribution in [0, 0.1) is 0 Å². The fourth-order valence-corrected chi connectivity index (χ4v) is 18.7. The van der Waals surface area contributed by atoms with Crippen LogP contribution in [0.1, 0.15) is 25.0 Å². The van der Waals surface area contributed by atoms with E-state index in [1.165, 1.54) is 131 Å². The molecule has 11 aromatic rings. The molecule has 1 spiro atoms. The lowest BCUT2D eigenvalue weighted by Gasteiger charge is -2.43. The topological polar surface area (TPSA) is 9.86 Å². The molecule has 4 aliphatic heterocycles. The van der Waals surface area contributed by atoms with Gasteiger partial charge in [0.15, 0.2) is 8.07 Å². The van der Waals surface area contributed by atoms with Crippen molar-refractivity contribution in [3.63, 3.8) is 0 Å². The van der Waals surface area contributed by atoms with E-state index in [4.69, 9.17) is 0 Å². The number of nitrogens with zero attached hydrogens (tertiary/aromatic N) is 2. The Balaban J connectivity index is 1.23. The fraction of sp³-hybridized carbons (Fsp3) is 0.0690. The second-order valence-corrected chi connectivity index (χ2v) is 21.7. The van der Waals surface area contributed by atoms with Crippen LogP contribution in [-0.2, 0) is 12.8 Å². The summed E-state index contributed by atoms with van der Waals surface area (Å²) in [6.45, 7) is 4.73. The van der Waals surface area contributed by atoms with E-state index in [1.54, 1.807) is 5.19 Å². The van der Waals surface area contributed by atoms with Gasteiger partial charge in [-0.25, -0.2) is 0 Å². The van der Waals surface area contributed by atoms with Gasteiger partial charge in [-0.1, -0.05) is 172 Å². The van der Waals surface area contributed by atoms with E-state index >= 15 is 0 Å². The summed E-state index contributed by atoms with van der Waals surface area (Å²) in [5, 5.41) is 12.9. The molecule has 288 valence electrons. The first-order valence-electron chi connectivity index (χ1n) is 22.4. The Morgan fingerprint density at radius 3 is 1.81 bits per heavy atom. The summed E-state index contributed by atoms with van der Waals surface area (Å²) in [5.41, 5.74) is 21.9. The highest BCUT2D eigenvalue weighted by atomic mass is 28.3. The molecule has 4 heteroatoms. The number of benzene rings is 9. The zero-order valence-corrected chi connectivity index (χ0v) is 35.6. The van der Waals surface area contributed by atoms with Gasteiger partial charge in [0.25, 0.3) is 6.71 Å². The Morgan fingerprint density at radius 2 is 1.08 bits per heavy atom. The van der Waals surface area contributed by atoms with E-state index < -0.39 is 8.07 Å². The van der Waals surface area contributed by atoms with Gasteiger partial charge in [-0.3, -0.25) is 0 Å². The van der Waals surface area contributed by atoms with Gasteiger partial charge in [0, 0.05) is 38.6 Å². The van der Waals surface area contributed by atoms with Crippen molar-refractivity contribution in [2.45, 2.75) is 26.7 Å². The van der Waals surface area contributed by atoms with E-state index in [1.807, 2.05) is 0 Å². The Hall–Kier alpha value is -7.14. The second-order valence-electron chi connectivity index (χ2n) is 18.0. The molecule has 9 aromatic carbocycles. The van der Waals surface area contributed by atoms with Crippen molar-refractivity contribution in [3.05, 3.63) is 187 Å². The summed E-state index contributed by atoms with van der Waals surface area (Å²) < 4.78 is 5.49. The van der Waals surface area contributed by atoms with Crippen molar-refractivity contribution in [1.29, 1.82) is 0 Å². The van der Waals surface area contributed by atoms with Crippen LogP contribution in [0.2, 0.25) is 0 Å². The van der Waals surface area contributed by atoms with Gasteiger partial charge >= 0.3 is 0 Å². The van der Waals surface area contributed by atoms with Gasteiger partial charge < -0.3 is 9.13 Å². The first-order valence-corrected chi connectivity index (χ1v) is 24.4. The van der Waals surface area contributed by atoms with Crippen molar-refractivity contribution >= 4 is 95.4 Å². The Kier molecular flexibility index (Phi) is 6.28. The van der Waals surface area contributed by atoms with Crippen molar-refractivity contribution < 1.29 is 0 Å². The van der Waals surface area contributed by atoms with Gasteiger partial charge in [-0.15, -0.1) is 0 Å². The number of fused-ring (bicyclic) bond motifs is 13. The molecule has 0 radical (unpaired) electrons. The van der Waals surface area contributed by atoms with Crippen LogP contribution in [0.4, 0.5) is 0 Å². The number of hydrogen-bond acceptors (Lipinski definition) is 0. The van der Waals surface area contributed by atoms with Crippen LogP contribution < -0.4 is 37.1 Å². The average molecular weight is 803 g/mol. The molecule has 2 nitrogen and oxygen atoms in total. The average Bonchev–Trinajstić information content (AvgIpc) is 3.97. The second kappa shape index (κ2) is 11.6. The SMILES string of the molecule is CCc1cc2c3c(c1)c1cc(CC)cc4c1n3-c1c(ccc3c1B2c1cc2ccccc2c2c(-c5ccccc5)c(-c5ccccc5)n-3c12)[Si]41c2ccccc2-c2ccccc21. The molecule has 2 aromatic heterocycles. The van der Waals surface area contributed by atoms with Crippen molar-refractivity contribution in [1.82, 2.24) is 9.13 Å². The van der Waals surface area contributed by atoms with E-state index in [9.17, 15) is 0 Å². The molecule has 0 atom stereocenters. The predicted molar refractivity (Wildman–Crippen MR) is 266 cm³/mol. The number of aryl methyl sites for hydroxylation is 2. The first kappa shape index (κ1) is 33.6. The molecule has 62 heavy (non-hydrogen) atoms. The lowest BCUT2D eigenvalue weighted by Crippen LogP contribution is -2.77. The molecule has 0 N–H and O–H groups in total. The molecule has 0 fully saturated rings.